The van der Waals surface area contributed by atoms with Gasteiger partial charge in [-0.1, -0.05) is 55.2 Å². The second-order valence-electron chi connectivity index (χ2n) is 21.2. The second-order valence-corrected chi connectivity index (χ2v) is 21.2. The third-order valence-electron chi connectivity index (χ3n) is 15.3. The first-order chi connectivity index (χ1) is 37.7. The number of carbonyl (C=O) groups excluding carboxylic acids is 2. The molecule has 11 rings (SSSR count). The van der Waals surface area contributed by atoms with E-state index in [9.17, 15) is 28.6 Å². The SMILES string of the molecule is CO[C@@H](C)COc1nc(N2C[C@@H]3C[C@H]2CN3)c2cc(C3CC3)c(-c3c(C)c(F)cc4[nH]ncc34)c(OCc3ccc(-c4cn([C@H](C(=O)N5C[C@H](O)C[C@H]5C(=O)N[C@H](C#Cc5ccc(F)cc5F)CO)C(C)C)nn4)cc3)c2n1. The lowest BCUT2D eigenvalue weighted by Crippen LogP contribution is -2.51. The number of nitrogens with one attached hydrogen (secondary N) is 3. The average molecular weight is 1070 g/mol. The van der Waals surface area contributed by atoms with Crippen LogP contribution in [0.25, 0.3) is 44.2 Å². The molecule has 1 aliphatic carbocycles. The number of fused-ring (bicyclic) bond motifs is 4. The van der Waals surface area contributed by atoms with Crippen molar-refractivity contribution in [1.82, 2.24) is 50.7 Å². The van der Waals surface area contributed by atoms with E-state index in [1.54, 1.807) is 26.4 Å². The molecule has 3 saturated heterocycles. The molecule has 2 amide bonds. The molecule has 6 heterocycles. The van der Waals surface area contributed by atoms with Crippen LogP contribution in [-0.2, 0) is 20.9 Å². The Morgan fingerprint density at radius 2 is 1.77 bits per heavy atom. The monoisotopic (exact) mass is 1070 g/mol. The summed E-state index contributed by atoms with van der Waals surface area (Å²) in [5, 5.41) is 44.7. The Morgan fingerprint density at radius 3 is 2.47 bits per heavy atom. The third-order valence-corrected chi connectivity index (χ3v) is 15.3. The van der Waals surface area contributed by atoms with E-state index in [-0.39, 0.29) is 67.6 Å². The van der Waals surface area contributed by atoms with Crippen molar-refractivity contribution >= 4 is 39.4 Å². The zero-order valence-corrected chi connectivity index (χ0v) is 43.8. The summed E-state index contributed by atoms with van der Waals surface area (Å²) in [5.74, 6) is 3.00. The maximum Gasteiger partial charge on any atom is 0.319 e. The van der Waals surface area contributed by atoms with Gasteiger partial charge in [-0.25, -0.2) is 17.9 Å². The van der Waals surface area contributed by atoms with Crippen molar-refractivity contribution in [1.29, 1.82) is 0 Å². The summed E-state index contributed by atoms with van der Waals surface area (Å²) in [6.45, 7) is 8.51. The van der Waals surface area contributed by atoms with Crippen LogP contribution in [0.15, 0.2) is 67.0 Å². The van der Waals surface area contributed by atoms with E-state index in [0.29, 0.717) is 51.3 Å². The van der Waals surface area contributed by atoms with Crippen molar-refractivity contribution in [2.45, 2.75) is 108 Å². The van der Waals surface area contributed by atoms with Gasteiger partial charge in [0.05, 0.1) is 42.3 Å². The third kappa shape index (κ3) is 10.3. The first kappa shape index (κ1) is 52.4. The highest BCUT2D eigenvalue weighted by Gasteiger charge is 2.44. The Balaban J connectivity index is 0.883. The molecule has 4 aromatic carbocycles. The minimum Gasteiger partial charge on any atom is -0.486 e. The molecule has 21 heteroatoms. The predicted molar refractivity (Wildman–Crippen MR) is 283 cm³/mol. The highest BCUT2D eigenvalue weighted by Crippen LogP contribution is 2.53. The Kier molecular flexibility index (Phi) is 14.5. The van der Waals surface area contributed by atoms with E-state index >= 15 is 4.39 Å². The normalized spacial score (nSPS) is 20.1. The van der Waals surface area contributed by atoms with Gasteiger partial charge in [-0.2, -0.15) is 15.1 Å². The number of nitrogens with zero attached hydrogens (tertiary/aromatic N) is 8. The largest absolute Gasteiger partial charge is 0.486 e. The number of halogens is 3. The molecule has 0 spiro atoms. The van der Waals surface area contributed by atoms with Crippen LogP contribution in [0.2, 0.25) is 0 Å². The first-order valence-corrected chi connectivity index (χ1v) is 26.3. The molecule has 1 saturated carbocycles. The van der Waals surface area contributed by atoms with Gasteiger partial charge in [0, 0.05) is 78.8 Å². The number of carbonyl (C=O) groups is 2. The van der Waals surface area contributed by atoms with Gasteiger partial charge in [0.1, 0.15) is 65.8 Å². The number of aromatic amines is 1. The van der Waals surface area contributed by atoms with Gasteiger partial charge < -0.3 is 44.9 Å². The summed E-state index contributed by atoms with van der Waals surface area (Å²) in [6, 6.07) is 11.7. The number of anilines is 1. The fraction of sp³-hybridized carbons (Fsp3) is 0.421. The summed E-state index contributed by atoms with van der Waals surface area (Å²) < 4.78 is 64.1. The number of aliphatic hydroxyl groups is 2. The second kappa shape index (κ2) is 21.6. The molecule has 406 valence electrons. The number of benzene rings is 4. The van der Waals surface area contributed by atoms with Crippen LogP contribution in [0, 0.1) is 42.1 Å². The van der Waals surface area contributed by atoms with Crippen LogP contribution in [0.5, 0.6) is 11.8 Å². The van der Waals surface area contributed by atoms with Crippen LogP contribution in [0.1, 0.15) is 80.7 Å². The number of aromatic nitrogens is 7. The lowest BCUT2D eigenvalue weighted by Gasteiger charge is -2.30. The van der Waals surface area contributed by atoms with E-state index in [1.165, 1.54) is 15.6 Å². The highest BCUT2D eigenvalue weighted by atomic mass is 19.1. The van der Waals surface area contributed by atoms with Gasteiger partial charge in [0.2, 0.25) is 11.8 Å². The first-order valence-electron chi connectivity index (χ1n) is 26.3. The number of rotatable bonds is 17. The van der Waals surface area contributed by atoms with Crippen molar-refractivity contribution in [3.8, 4) is 46.0 Å². The van der Waals surface area contributed by atoms with Crippen LogP contribution in [-0.4, -0.2) is 138 Å². The number of piperazine rings is 1. The Labute approximate surface area is 447 Å². The zero-order chi connectivity index (χ0) is 54.5. The van der Waals surface area contributed by atoms with Gasteiger partial charge in [0.15, 0.2) is 5.75 Å². The number of β-amino-alcohol motifs (C(OH)–C–C–N with tert-alkyl or cyclic N) is 1. The zero-order valence-electron chi connectivity index (χ0n) is 43.8. The topological polar surface area (TPSA) is 218 Å². The number of aliphatic hydroxyl groups excluding tert-OH is 2. The van der Waals surface area contributed by atoms with Crippen molar-refractivity contribution < 1.29 is 47.2 Å². The Bertz CT molecular complexity index is 3490. The maximum absolute atomic E-state index is 16.1. The molecule has 0 unspecified atom stereocenters. The molecular weight excluding hydrogens is 1010 g/mol. The molecule has 78 heavy (non-hydrogen) atoms. The van der Waals surface area contributed by atoms with Gasteiger partial charge in [0.25, 0.3) is 0 Å². The maximum atomic E-state index is 16.1. The highest BCUT2D eigenvalue weighted by molar-refractivity contribution is 6.06. The molecule has 2 bridgehead atoms. The van der Waals surface area contributed by atoms with Crippen LogP contribution in [0.3, 0.4) is 0 Å². The average Bonchev–Trinajstić information content (AvgIpc) is 4.11. The van der Waals surface area contributed by atoms with Crippen molar-refractivity contribution in [2.24, 2.45) is 5.92 Å². The van der Waals surface area contributed by atoms with Crippen LogP contribution < -0.4 is 25.0 Å². The number of amides is 2. The van der Waals surface area contributed by atoms with E-state index in [2.05, 4.69) is 54.0 Å². The number of hydrogen-bond acceptors (Lipinski definition) is 14. The van der Waals surface area contributed by atoms with E-state index in [0.717, 1.165) is 77.8 Å². The summed E-state index contributed by atoms with van der Waals surface area (Å²) in [5.41, 5.74) is 5.84. The van der Waals surface area contributed by atoms with Crippen LogP contribution >= 0.6 is 0 Å². The lowest BCUT2D eigenvalue weighted by atomic mass is 9.88. The fourth-order valence-electron chi connectivity index (χ4n) is 11.0. The fourth-order valence-corrected chi connectivity index (χ4v) is 11.0. The minimum atomic E-state index is -1.15. The van der Waals surface area contributed by atoms with Crippen molar-refractivity contribution in [3.63, 3.8) is 0 Å². The van der Waals surface area contributed by atoms with Gasteiger partial charge in [-0.05, 0) is 85.9 Å². The van der Waals surface area contributed by atoms with E-state index in [1.807, 2.05) is 45.0 Å². The summed E-state index contributed by atoms with van der Waals surface area (Å²) >= 11 is 0. The Morgan fingerprint density at radius 1 is 0.962 bits per heavy atom. The number of H-pyrrole nitrogens is 1. The molecule has 5 N–H and O–H groups in total. The molecule has 3 aliphatic heterocycles. The number of methoxy groups -OCH3 is 1. The Hall–Kier alpha value is -7.64. The number of hydrogen-bond donors (Lipinski definition) is 5. The van der Waals surface area contributed by atoms with E-state index < -0.39 is 54.3 Å². The van der Waals surface area contributed by atoms with Crippen molar-refractivity contribution in [3.05, 3.63) is 107 Å². The number of ether oxygens (including phenoxy) is 3. The summed E-state index contributed by atoms with van der Waals surface area (Å²) in [4.78, 5) is 41.9. The van der Waals surface area contributed by atoms with Gasteiger partial charge >= 0.3 is 6.01 Å². The van der Waals surface area contributed by atoms with Crippen LogP contribution in [0.4, 0.5) is 19.0 Å². The van der Waals surface area contributed by atoms with E-state index in [4.69, 9.17) is 24.2 Å². The standard InChI is InChI=1S/C57H60F3N11O7/c1-29(2)52(56(75)70-24-40(73)18-48(70)55(74)63-37(26-72)15-13-34-12-14-36(58)16-45(34)60)71-25-47(67-68-71)35-8-6-32(7-9-35)28-77-53-50(49-31(4)44(59)20-46-43(49)22-62-66-46)41(33-10-11-33)19-42-51(53)64-57(78-27-30(3)76-5)65-54(42)69-23-38-17-39(69)21-61-38/h6-9,12,14,16,19-20,22,25,29-30,33,37-40,48,52,61,72-73H,10-11,17-18,21,23-24,26-28H2,1-5H3,(H,62,66)(H,63,74)/t30-,37+,38-,39-,40+,48-,52-/m0/s1. The van der Waals surface area contributed by atoms with Gasteiger partial charge in [-0.15, -0.1) is 5.10 Å². The molecule has 4 fully saturated rings. The molecule has 3 aromatic heterocycles. The molecule has 0 radical (unpaired) electrons. The quantitative estimate of drug-likeness (QED) is 0.0636. The molecule has 7 aromatic rings. The smallest absolute Gasteiger partial charge is 0.319 e. The predicted octanol–water partition coefficient (Wildman–Crippen LogP) is 6.27. The van der Waals surface area contributed by atoms with Gasteiger partial charge in [-0.3, -0.25) is 14.7 Å². The molecule has 7 atom stereocenters. The molecule has 4 aliphatic rings. The molecule has 18 nitrogen and oxygen atoms in total. The molecular formula is C57H60F3N11O7. The lowest BCUT2D eigenvalue weighted by molar-refractivity contribution is -0.142. The number of likely N-dealkylation sites (tertiary alicyclic amines) is 1. The minimum absolute atomic E-state index is 0.0722. The summed E-state index contributed by atoms with van der Waals surface area (Å²) in [6.07, 6.45) is 4.97. The van der Waals surface area contributed by atoms with Crippen molar-refractivity contribution in [2.75, 3.05) is 44.9 Å². The summed E-state index contributed by atoms with van der Waals surface area (Å²) in [7, 11) is 1.62.